The fourth-order valence-corrected chi connectivity index (χ4v) is 6.19. The third-order valence-electron chi connectivity index (χ3n) is 7.05. The van der Waals surface area contributed by atoms with Crippen molar-refractivity contribution in [3.05, 3.63) is 45.6 Å². The summed E-state index contributed by atoms with van der Waals surface area (Å²) in [5.74, 6) is -5.39. The van der Waals surface area contributed by atoms with Crippen LogP contribution in [0.2, 0.25) is 0 Å². The fourth-order valence-electron chi connectivity index (χ4n) is 4.32. The van der Waals surface area contributed by atoms with Crippen LogP contribution in [-0.4, -0.2) is 102 Å². The van der Waals surface area contributed by atoms with Gasteiger partial charge in [-0.15, -0.1) is 23.1 Å². The molecule has 0 radical (unpaired) electrons. The molecule has 1 fully saturated rings. The van der Waals surface area contributed by atoms with Crippen molar-refractivity contribution in [1.82, 2.24) is 26.0 Å². The third-order valence-corrected chi connectivity index (χ3v) is 9.07. The summed E-state index contributed by atoms with van der Waals surface area (Å²) in [7, 11) is 0. The number of carbonyl (C=O) groups excluding carboxylic acids is 4. The molecule has 1 saturated heterocycles. The minimum absolute atomic E-state index is 0.0413. The molecular weight excluding hydrogens is 690 g/mol. The first-order valence-corrected chi connectivity index (χ1v) is 16.5. The summed E-state index contributed by atoms with van der Waals surface area (Å²) in [6.07, 6.45) is 0.472. The number of thioether (sulfide) groups is 1. The Morgan fingerprint density at radius 3 is 2.59 bits per heavy atom. The molecule has 0 spiro atoms. The van der Waals surface area contributed by atoms with E-state index in [1.165, 1.54) is 19.2 Å². The summed E-state index contributed by atoms with van der Waals surface area (Å²) in [5.41, 5.74) is 6.17. The number of nitrogens with zero attached hydrogens (tertiary/aromatic N) is 3. The number of aliphatic hydroxyl groups excluding tert-OH is 1. The number of fused-ring (bicyclic) bond motifs is 1. The van der Waals surface area contributed by atoms with Gasteiger partial charge in [-0.25, -0.2) is 14.6 Å². The van der Waals surface area contributed by atoms with Gasteiger partial charge < -0.3 is 41.3 Å². The van der Waals surface area contributed by atoms with Crippen LogP contribution in [0, 0.1) is 0 Å². The lowest BCUT2D eigenvalue weighted by Gasteiger charge is -2.49. The Balaban J connectivity index is 1.51. The summed E-state index contributed by atoms with van der Waals surface area (Å²) in [6, 6.07) is -1.20. The maximum absolute atomic E-state index is 13.3. The van der Waals surface area contributed by atoms with E-state index in [0.717, 1.165) is 40.5 Å². The van der Waals surface area contributed by atoms with E-state index in [2.05, 4.69) is 26.3 Å². The minimum atomic E-state index is -1.82. The van der Waals surface area contributed by atoms with Crippen molar-refractivity contribution >= 4 is 69.6 Å². The molecule has 19 nitrogen and oxygen atoms in total. The summed E-state index contributed by atoms with van der Waals surface area (Å²) in [4.78, 5) is 90.3. The summed E-state index contributed by atoms with van der Waals surface area (Å²) >= 11 is 2.11. The van der Waals surface area contributed by atoms with Crippen LogP contribution in [0.3, 0.4) is 0 Å². The molecule has 2 atom stereocenters. The number of anilines is 1. The molecule has 264 valence electrons. The second kappa shape index (κ2) is 15.4. The number of thiazole rings is 1. The number of ketones is 1. The van der Waals surface area contributed by atoms with Crippen LogP contribution in [0.1, 0.15) is 45.7 Å². The SMILES string of the molecule is CCCCONC1=C(C(=O)NCC2=C(OC(=O)O)N3C(=O)C(NC(=O)/C(=N\OC(C)(C)C(=O)O)c4csc(N)n4)[C@@H]3SC2)C=C(O)C(=O)C1. The number of carboxylic acids is 1. The molecule has 0 saturated carbocycles. The maximum Gasteiger partial charge on any atom is 0.512 e. The number of nitrogens with two attached hydrogens (primary N) is 1. The largest absolute Gasteiger partial charge is 0.512 e. The van der Waals surface area contributed by atoms with Crippen molar-refractivity contribution < 1.29 is 58.5 Å². The molecule has 0 bridgehead atoms. The number of hydrogen-bond donors (Lipinski definition) is 7. The molecule has 3 amide bonds. The molecule has 3 heterocycles. The van der Waals surface area contributed by atoms with Gasteiger partial charge >= 0.3 is 12.1 Å². The number of β-lactam (4-membered cyclic amide) rings is 1. The predicted molar refractivity (Wildman–Crippen MR) is 171 cm³/mol. The van der Waals surface area contributed by atoms with Gasteiger partial charge in [0.05, 0.1) is 24.3 Å². The number of carbonyl (C=O) groups is 6. The highest BCUT2D eigenvalue weighted by atomic mass is 32.2. The molecular formula is C28H33N7O12S2. The lowest BCUT2D eigenvalue weighted by Crippen LogP contribution is -2.70. The Morgan fingerprint density at radius 2 is 1.96 bits per heavy atom. The zero-order valence-corrected chi connectivity index (χ0v) is 27.9. The van der Waals surface area contributed by atoms with Gasteiger partial charge in [-0.05, 0) is 26.3 Å². The van der Waals surface area contributed by atoms with Crippen molar-refractivity contribution in [2.75, 3.05) is 24.6 Å². The van der Waals surface area contributed by atoms with Gasteiger partial charge in [0, 0.05) is 23.3 Å². The fraction of sp³-hybridized carbons (Fsp3) is 0.429. The Kier molecular flexibility index (Phi) is 11.5. The number of allylic oxidation sites excluding steroid dienone is 2. The van der Waals surface area contributed by atoms with E-state index in [0.29, 0.717) is 13.0 Å². The molecule has 21 heteroatoms. The number of amides is 3. The standard InChI is InChI=1S/C28H33N7O12S2/c1-4-5-6-45-33-14-8-17(37)16(36)7-13(14)20(38)30-9-12-10-48-24-19(22(40)35(24)23(12)46-27(43)44)32-21(39)18(15-11-49-26(29)31-15)34-47-28(2,3)25(41)42/h7,11,19,24,33,36H,4-6,8-10H2,1-3H3,(H2,29,31)(H,30,38)(H,32,39)(H,41,42)(H,43,44)/b34-18-/t19?,24-/m0/s1. The normalized spacial score (nSPS) is 19.4. The molecule has 8 N–H and O–H groups in total. The van der Waals surface area contributed by atoms with Crippen molar-refractivity contribution in [1.29, 1.82) is 0 Å². The number of Topliss-reactive ketones (excluding diaryl/α,β-unsaturated/α-hetero) is 1. The predicted octanol–water partition coefficient (Wildman–Crippen LogP) is 0.722. The number of aromatic nitrogens is 1. The van der Waals surface area contributed by atoms with Crippen LogP contribution >= 0.6 is 23.1 Å². The zero-order chi connectivity index (χ0) is 36.0. The number of nitrogen functional groups attached to an aromatic ring is 1. The van der Waals surface area contributed by atoms with Crippen molar-refractivity contribution in [3.63, 3.8) is 0 Å². The second-order valence-corrected chi connectivity index (χ2v) is 13.1. The maximum atomic E-state index is 13.3. The monoisotopic (exact) mass is 723 g/mol. The number of carboxylic acid groups (broad SMARTS) is 2. The summed E-state index contributed by atoms with van der Waals surface area (Å²) < 4.78 is 4.95. The number of aliphatic carboxylic acids is 1. The van der Waals surface area contributed by atoms with E-state index in [1.54, 1.807) is 0 Å². The number of hydrogen-bond acceptors (Lipinski definition) is 16. The Hall–Kier alpha value is -5.15. The number of rotatable bonds is 15. The Labute approximate surface area is 286 Å². The first kappa shape index (κ1) is 36.7. The van der Waals surface area contributed by atoms with Crippen LogP contribution < -0.4 is 21.8 Å². The average molecular weight is 724 g/mol. The quantitative estimate of drug-likeness (QED) is 0.0431. The van der Waals surface area contributed by atoms with Gasteiger partial charge in [-0.3, -0.25) is 34.4 Å². The molecule has 4 rings (SSSR count). The average Bonchev–Trinajstić information content (AvgIpc) is 3.47. The second-order valence-electron chi connectivity index (χ2n) is 11.1. The molecule has 3 aliphatic rings. The smallest absolute Gasteiger partial charge is 0.504 e. The van der Waals surface area contributed by atoms with E-state index >= 15 is 0 Å². The first-order valence-electron chi connectivity index (χ1n) is 14.6. The highest BCUT2D eigenvalue weighted by molar-refractivity contribution is 8.00. The third kappa shape index (κ3) is 8.48. The Bertz CT molecular complexity index is 1680. The number of aliphatic hydroxyl groups is 1. The van der Waals surface area contributed by atoms with Gasteiger partial charge in [-0.2, -0.15) is 0 Å². The molecule has 1 aromatic rings. The van der Waals surface area contributed by atoms with E-state index in [1.807, 2.05) is 6.92 Å². The zero-order valence-electron chi connectivity index (χ0n) is 26.3. The number of hydroxylamine groups is 1. The van der Waals surface area contributed by atoms with Gasteiger partial charge in [-0.1, -0.05) is 18.5 Å². The number of nitrogens with one attached hydrogen (secondary N) is 3. The topological polar surface area (TPSA) is 281 Å². The lowest BCUT2D eigenvalue weighted by molar-refractivity contribution is -0.161. The first-order chi connectivity index (χ1) is 23.1. The lowest BCUT2D eigenvalue weighted by atomic mass is 10.0. The molecule has 1 aliphatic carbocycles. The molecule has 2 aliphatic heterocycles. The number of ether oxygens (including phenoxy) is 1. The summed E-state index contributed by atoms with van der Waals surface area (Å²) in [6.45, 7) is 4.37. The molecule has 49 heavy (non-hydrogen) atoms. The number of unbranched alkanes of at least 4 members (excludes halogenated alkanes) is 1. The molecule has 1 aromatic heterocycles. The van der Waals surface area contributed by atoms with E-state index in [4.69, 9.17) is 20.1 Å². The highest BCUT2D eigenvalue weighted by Crippen LogP contribution is 2.40. The van der Waals surface area contributed by atoms with Gasteiger partial charge in [0.1, 0.15) is 17.1 Å². The van der Waals surface area contributed by atoms with Crippen molar-refractivity contribution in [2.24, 2.45) is 5.16 Å². The van der Waals surface area contributed by atoms with E-state index in [9.17, 15) is 44.1 Å². The van der Waals surface area contributed by atoms with Gasteiger partial charge in [0.25, 0.3) is 17.7 Å². The van der Waals surface area contributed by atoms with Gasteiger partial charge in [0.15, 0.2) is 16.6 Å². The van der Waals surface area contributed by atoms with Crippen LogP contribution in [0.15, 0.2) is 45.1 Å². The van der Waals surface area contributed by atoms with Crippen LogP contribution in [0.25, 0.3) is 0 Å². The van der Waals surface area contributed by atoms with Gasteiger partial charge in [0.2, 0.25) is 17.3 Å². The van der Waals surface area contributed by atoms with Crippen LogP contribution in [0.4, 0.5) is 9.93 Å². The number of oxime groups is 1. The van der Waals surface area contributed by atoms with Crippen LogP contribution in [0.5, 0.6) is 0 Å². The highest BCUT2D eigenvalue weighted by Gasteiger charge is 2.54. The molecule has 1 unspecified atom stereocenters. The minimum Gasteiger partial charge on any atom is -0.504 e. The van der Waals surface area contributed by atoms with Crippen molar-refractivity contribution in [2.45, 2.75) is 57.1 Å². The van der Waals surface area contributed by atoms with Crippen molar-refractivity contribution in [3.8, 4) is 0 Å². The Morgan fingerprint density at radius 1 is 1.22 bits per heavy atom. The van der Waals surface area contributed by atoms with E-state index < -0.39 is 64.1 Å². The van der Waals surface area contributed by atoms with Crippen LogP contribution in [-0.2, 0) is 38.4 Å². The molecule has 0 aromatic carbocycles. The summed E-state index contributed by atoms with van der Waals surface area (Å²) in [5, 5.41) is 38.1. The van der Waals surface area contributed by atoms with E-state index in [-0.39, 0.29) is 52.3 Å².